The molecule has 1 amide bonds. The lowest BCUT2D eigenvalue weighted by atomic mass is 10.0. The smallest absolute Gasteiger partial charge is 0.255 e. The van der Waals surface area contributed by atoms with E-state index >= 15 is 0 Å². The SMILES string of the molecule is Cc1nccc(CC2COCCN(C(=O)c3cccnc3)C2)n1. The van der Waals surface area contributed by atoms with E-state index in [2.05, 4.69) is 15.0 Å². The summed E-state index contributed by atoms with van der Waals surface area (Å²) in [5.41, 5.74) is 1.60. The molecule has 3 heterocycles. The number of hydrogen-bond donors (Lipinski definition) is 0. The van der Waals surface area contributed by atoms with Crippen LogP contribution in [-0.4, -0.2) is 52.1 Å². The van der Waals surface area contributed by atoms with Gasteiger partial charge in [0.25, 0.3) is 5.91 Å². The molecule has 0 saturated carbocycles. The minimum absolute atomic E-state index is 0.00691. The van der Waals surface area contributed by atoms with Crippen LogP contribution in [0.4, 0.5) is 0 Å². The van der Waals surface area contributed by atoms with E-state index in [0.29, 0.717) is 31.9 Å². The summed E-state index contributed by atoms with van der Waals surface area (Å²) in [6.07, 6.45) is 5.83. The van der Waals surface area contributed by atoms with E-state index in [4.69, 9.17) is 4.74 Å². The molecule has 1 saturated heterocycles. The first-order valence-corrected chi connectivity index (χ1v) is 7.78. The Morgan fingerprint density at radius 3 is 3.09 bits per heavy atom. The summed E-state index contributed by atoms with van der Waals surface area (Å²) < 4.78 is 5.67. The highest BCUT2D eigenvalue weighted by molar-refractivity contribution is 5.93. The van der Waals surface area contributed by atoms with E-state index in [9.17, 15) is 4.79 Å². The molecule has 120 valence electrons. The molecule has 1 atom stereocenters. The quantitative estimate of drug-likeness (QED) is 0.859. The molecule has 0 spiro atoms. The summed E-state index contributed by atoms with van der Waals surface area (Å²) in [6, 6.07) is 5.50. The zero-order valence-electron chi connectivity index (χ0n) is 13.2. The van der Waals surface area contributed by atoms with Crippen LogP contribution in [0.15, 0.2) is 36.8 Å². The molecule has 0 aromatic carbocycles. The Kier molecular flexibility index (Phi) is 4.92. The van der Waals surface area contributed by atoms with Crippen molar-refractivity contribution in [3.8, 4) is 0 Å². The number of carbonyl (C=O) groups is 1. The molecule has 1 unspecified atom stereocenters. The van der Waals surface area contributed by atoms with Crippen molar-refractivity contribution in [1.29, 1.82) is 0 Å². The van der Waals surface area contributed by atoms with Crippen LogP contribution < -0.4 is 0 Å². The van der Waals surface area contributed by atoms with E-state index in [-0.39, 0.29) is 11.8 Å². The third-order valence-electron chi connectivity index (χ3n) is 3.86. The van der Waals surface area contributed by atoms with Gasteiger partial charge in [0.2, 0.25) is 0 Å². The third kappa shape index (κ3) is 4.10. The standard InChI is InChI=1S/C17H20N4O2/c1-13-19-6-4-16(20-13)9-14-11-21(7-8-23-12-14)17(22)15-3-2-5-18-10-15/h2-6,10,14H,7-9,11-12H2,1H3. The van der Waals surface area contributed by atoms with Gasteiger partial charge in [-0.3, -0.25) is 9.78 Å². The van der Waals surface area contributed by atoms with Crippen LogP contribution in [0.3, 0.4) is 0 Å². The second-order valence-corrected chi connectivity index (χ2v) is 5.73. The first-order chi connectivity index (χ1) is 11.2. The van der Waals surface area contributed by atoms with Gasteiger partial charge in [-0.25, -0.2) is 9.97 Å². The molecule has 6 heteroatoms. The Hall–Kier alpha value is -2.34. The Morgan fingerprint density at radius 2 is 2.30 bits per heavy atom. The van der Waals surface area contributed by atoms with Gasteiger partial charge in [0.05, 0.1) is 18.8 Å². The zero-order chi connectivity index (χ0) is 16.1. The third-order valence-corrected chi connectivity index (χ3v) is 3.86. The topological polar surface area (TPSA) is 68.2 Å². The number of aromatic nitrogens is 3. The molecule has 0 aliphatic carbocycles. The normalized spacial score (nSPS) is 18.5. The molecule has 0 N–H and O–H groups in total. The Labute approximate surface area is 135 Å². The molecule has 0 radical (unpaired) electrons. The average molecular weight is 312 g/mol. The number of pyridine rings is 1. The van der Waals surface area contributed by atoms with Crippen molar-refractivity contribution in [3.63, 3.8) is 0 Å². The van der Waals surface area contributed by atoms with Gasteiger partial charge < -0.3 is 9.64 Å². The summed E-state index contributed by atoms with van der Waals surface area (Å²) in [5, 5.41) is 0. The van der Waals surface area contributed by atoms with E-state index in [0.717, 1.165) is 17.9 Å². The Bertz CT molecular complexity index is 663. The Morgan fingerprint density at radius 1 is 1.39 bits per heavy atom. The highest BCUT2D eigenvalue weighted by Crippen LogP contribution is 2.15. The summed E-state index contributed by atoms with van der Waals surface area (Å²) in [5.74, 6) is 1.00. The van der Waals surface area contributed by atoms with Gasteiger partial charge in [0.1, 0.15) is 5.82 Å². The molecular weight excluding hydrogens is 292 g/mol. The van der Waals surface area contributed by atoms with Gasteiger partial charge in [-0.2, -0.15) is 0 Å². The van der Waals surface area contributed by atoms with Gasteiger partial charge >= 0.3 is 0 Å². The number of rotatable bonds is 3. The fraction of sp³-hybridized carbons (Fsp3) is 0.412. The van der Waals surface area contributed by atoms with Crippen molar-refractivity contribution in [3.05, 3.63) is 53.9 Å². The van der Waals surface area contributed by atoms with Gasteiger partial charge in [-0.1, -0.05) is 0 Å². The molecule has 1 aliphatic rings. The lowest BCUT2D eigenvalue weighted by Gasteiger charge is -2.23. The lowest BCUT2D eigenvalue weighted by Crippen LogP contribution is -2.36. The molecule has 2 aromatic heterocycles. The minimum atomic E-state index is 0.00691. The van der Waals surface area contributed by atoms with Crippen LogP contribution in [0, 0.1) is 12.8 Å². The monoisotopic (exact) mass is 312 g/mol. The van der Waals surface area contributed by atoms with Gasteiger partial charge in [0.15, 0.2) is 0 Å². The fourth-order valence-electron chi connectivity index (χ4n) is 2.77. The van der Waals surface area contributed by atoms with Crippen LogP contribution in [0.25, 0.3) is 0 Å². The van der Waals surface area contributed by atoms with Crippen molar-refractivity contribution >= 4 is 5.91 Å². The number of nitrogens with zero attached hydrogens (tertiary/aromatic N) is 4. The number of amides is 1. The molecule has 0 bridgehead atoms. The first kappa shape index (κ1) is 15.6. The van der Waals surface area contributed by atoms with E-state index < -0.39 is 0 Å². The van der Waals surface area contributed by atoms with Gasteiger partial charge in [0, 0.05) is 43.3 Å². The molecule has 3 rings (SSSR count). The number of carbonyl (C=O) groups excluding carboxylic acids is 1. The zero-order valence-corrected chi connectivity index (χ0v) is 13.2. The van der Waals surface area contributed by atoms with Gasteiger partial charge in [-0.15, -0.1) is 0 Å². The number of hydrogen-bond acceptors (Lipinski definition) is 5. The molecule has 6 nitrogen and oxygen atoms in total. The summed E-state index contributed by atoms with van der Waals surface area (Å²) in [7, 11) is 0. The van der Waals surface area contributed by atoms with E-state index in [1.165, 1.54) is 0 Å². The summed E-state index contributed by atoms with van der Waals surface area (Å²) >= 11 is 0. The molecule has 23 heavy (non-hydrogen) atoms. The van der Waals surface area contributed by atoms with E-state index in [1.54, 1.807) is 30.7 Å². The second kappa shape index (κ2) is 7.28. The maximum Gasteiger partial charge on any atom is 0.255 e. The van der Waals surface area contributed by atoms with E-state index in [1.807, 2.05) is 17.9 Å². The van der Waals surface area contributed by atoms with Crippen molar-refractivity contribution in [1.82, 2.24) is 19.9 Å². The predicted octanol–water partition coefficient (Wildman–Crippen LogP) is 1.51. The summed E-state index contributed by atoms with van der Waals surface area (Å²) in [6.45, 7) is 4.35. The molecule has 1 fully saturated rings. The number of aryl methyl sites for hydroxylation is 1. The molecule has 1 aliphatic heterocycles. The average Bonchev–Trinajstić information content (AvgIpc) is 2.80. The van der Waals surface area contributed by atoms with Crippen LogP contribution >= 0.6 is 0 Å². The van der Waals surface area contributed by atoms with Crippen LogP contribution in [0.2, 0.25) is 0 Å². The largest absolute Gasteiger partial charge is 0.379 e. The summed E-state index contributed by atoms with van der Waals surface area (Å²) in [4.78, 5) is 27.1. The molecular formula is C17H20N4O2. The van der Waals surface area contributed by atoms with Crippen molar-refractivity contribution in [2.24, 2.45) is 5.92 Å². The predicted molar refractivity (Wildman–Crippen MR) is 84.9 cm³/mol. The molecule has 2 aromatic rings. The van der Waals surface area contributed by atoms with Crippen LogP contribution in [0.5, 0.6) is 0 Å². The highest BCUT2D eigenvalue weighted by Gasteiger charge is 2.24. The number of ether oxygens (including phenoxy) is 1. The van der Waals surface area contributed by atoms with Gasteiger partial charge in [-0.05, 0) is 31.5 Å². The minimum Gasteiger partial charge on any atom is -0.379 e. The maximum absolute atomic E-state index is 12.6. The lowest BCUT2D eigenvalue weighted by molar-refractivity contribution is 0.0737. The van der Waals surface area contributed by atoms with Crippen LogP contribution in [-0.2, 0) is 11.2 Å². The second-order valence-electron chi connectivity index (χ2n) is 5.73. The highest BCUT2D eigenvalue weighted by atomic mass is 16.5. The first-order valence-electron chi connectivity index (χ1n) is 7.78. The van der Waals surface area contributed by atoms with Crippen molar-refractivity contribution < 1.29 is 9.53 Å². The maximum atomic E-state index is 12.6. The van der Waals surface area contributed by atoms with Crippen molar-refractivity contribution in [2.45, 2.75) is 13.3 Å². The van der Waals surface area contributed by atoms with Crippen molar-refractivity contribution in [2.75, 3.05) is 26.3 Å². The van der Waals surface area contributed by atoms with Crippen LogP contribution in [0.1, 0.15) is 21.9 Å². The fourth-order valence-corrected chi connectivity index (χ4v) is 2.77. The Balaban J connectivity index is 1.70.